The number of nitrogens with one attached hydrogen (secondary N) is 1. The largest absolute Gasteiger partial charge is 0.616 e. The maximum atomic E-state index is 14.1. The Labute approximate surface area is 184 Å². The second-order valence-electron chi connectivity index (χ2n) is 8.13. The molecule has 30 heavy (non-hydrogen) atoms. The van der Waals surface area contributed by atoms with Crippen LogP contribution in [0.2, 0.25) is 5.02 Å². The van der Waals surface area contributed by atoms with Gasteiger partial charge in [-0.15, -0.1) is 0 Å². The van der Waals surface area contributed by atoms with Crippen molar-refractivity contribution in [3.8, 4) is 0 Å². The summed E-state index contributed by atoms with van der Waals surface area (Å²) in [6.45, 7) is 0.442. The van der Waals surface area contributed by atoms with E-state index in [0.717, 1.165) is 28.9 Å². The van der Waals surface area contributed by atoms with Crippen LogP contribution in [0, 0.1) is 11.7 Å². The molecule has 0 bridgehead atoms. The second-order valence-corrected chi connectivity index (χ2v) is 10.3. The summed E-state index contributed by atoms with van der Waals surface area (Å²) in [5.74, 6) is 1.05. The molecule has 2 heterocycles. The van der Waals surface area contributed by atoms with E-state index >= 15 is 0 Å². The summed E-state index contributed by atoms with van der Waals surface area (Å²) in [6.07, 6.45) is 4.48. The number of fused-ring (bicyclic) bond motifs is 1. The molecule has 1 unspecified atom stereocenters. The monoisotopic (exact) mass is 449 g/mol. The topological polar surface area (TPSA) is 68.3 Å². The number of amides is 1. The molecule has 1 aliphatic heterocycles. The average Bonchev–Trinajstić information content (AvgIpc) is 3.12. The fourth-order valence-corrected chi connectivity index (χ4v) is 5.79. The van der Waals surface area contributed by atoms with Crippen LogP contribution in [0.5, 0.6) is 0 Å². The van der Waals surface area contributed by atoms with E-state index in [9.17, 15) is 13.7 Å². The van der Waals surface area contributed by atoms with E-state index in [1.807, 2.05) is 18.2 Å². The van der Waals surface area contributed by atoms with Gasteiger partial charge in [0.05, 0.1) is 24.1 Å². The molecule has 1 atom stereocenters. The minimum atomic E-state index is -0.767. The van der Waals surface area contributed by atoms with Crippen LogP contribution in [0.25, 0.3) is 0 Å². The SMILES string of the molecule is CN(Cc1ccc(NC2Cc3cc(Cl)cc(F)c3C2)cn1)C(=O)C1CC[S+]([O-])CC1. The normalized spacial score (nSPS) is 23.1. The Morgan fingerprint density at radius 3 is 2.80 bits per heavy atom. The van der Waals surface area contributed by atoms with E-state index in [4.69, 9.17) is 11.6 Å². The number of benzene rings is 1. The zero-order chi connectivity index (χ0) is 21.3. The molecular formula is C22H25ClFN3O2S. The van der Waals surface area contributed by atoms with Crippen molar-refractivity contribution in [3.63, 3.8) is 0 Å². The lowest BCUT2D eigenvalue weighted by Gasteiger charge is -2.27. The number of pyridine rings is 1. The van der Waals surface area contributed by atoms with Gasteiger partial charge in [0.15, 0.2) is 0 Å². The minimum absolute atomic E-state index is 0.0356. The first-order valence-electron chi connectivity index (χ1n) is 10.2. The van der Waals surface area contributed by atoms with Crippen molar-refractivity contribution in [2.75, 3.05) is 23.9 Å². The highest BCUT2D eigenvalue weighted by Crippen LogP contribution is 2.30. The fourth-order valence-electron chi connectivity index (χ4n) is 4.27. The van der Waals surface area contributed by atoms with Gasteiger partial charge in [0, 0.05) is 36.9 Å². The van der Waals surface area contributed by atoms with Crippen LogP contribution in [0.15, 0.2) is 30.5 Å². The van der Waals surface area contributed by atoms with Gasteiger partial charge in [-0.1, -0.05) is 22.8 Å². The fraction of sp³-hybridized carbons (Fsp3) is 0.455. The molecule has 1 aromatic carbocycles. The van der Waals surface area contributed by atoms with Crippen molar-refractivity contribution in [1.29, 1.82) is 0 Å². The standard InChI is InChI=1S/C22H25ClFN3O2S/c1-27(22(28)14-4-6-30(29)7-5-14)13-18-3-2-17(12-25-18)26-19-9-15-8-16(23)10-21(24)20(15)11-19/h2-3,8,10,12,14,19,26H,4-7,9,11,13H2,1H3. The summed E-state index contributed by atoms with van der Waals surface area (Å²) >= 11 is 5.20. The second kappa shape index (κ2) is 9.12. The number of hydrogen-bond donors (Lipinski definition) is 1. The summed E-state index contributed by atoms with van der Waals surface area (Å²) < 4.78 is 25.6. The lowest BCUT2D eigenvalue weighted by molar-refractivity contribution is -0.135. The third-order valence-corrected chi connectivity index (χ3v) is 7.48. The zero-order valence-corrected chi connectivity index (χ0v) is 18.4. The van der Waals surface area contributed by atoms with E-state index in [2.05, 4.69) is 10.3 Å². The van der Waals surface area contributed by atoms with Crippen molar-refractivity contribution in [3.05, 3.63) is 58.1 Å². The summed E-state index contributed by atoms with van der Waals surface area (Å²) in [6, 6.07) is 7.14. The van der Waals surface area contributed by atoms with E-state index < -0.39 is 11.2 Å². The van der Waals surface area contributed by atoms with Crippen molar-refractivity contribution >= 4 is 34.4 Å². The number of halogens is 2. The molecule has 4 rings (SSSR count). The van der Waals surface area contributed by atoms with Gasteiger partial charge in [-0.25, -0.2) is 4.39 Å². The number of rotatable bonds is 5. The summed E-state index contributed by atoms with van der Waals surface area (Å²) in [5.41, 5.74) is 3.36. The van der Waals surface area contributed by atoms with E-state index in [-0.39, 0.29) is 23.7 Å². The van der Waals surface area contributed by atoms with E-state index in [1.54, 1.807) is 18.1 Å². The van der Waals surface area contributed by atoms with Crippen LogP contribution in [0.4, 0.5) is 10.1 Å². The third-order valence-electron chi connectivity index (χ3n) is 5.88. The van der Waals surface area contributed by atoms with Gasteiger partial charge in [-0.2, -0.15) is 0 Å². The highest BCUT2D eigenvalue weighted by atomic mass is 35.5. The molecule has 2 aromatic rings. The van der Waals surface area contributed by atoms with Gasteiger partial charge in [0.2, 0.25) is 5.91 Å². The quantitative estimate of drug-likeness (QED) is 0.708. The first-order chi connectivity index (χ1) is 14.4. The van der Waals surface area contributed by atoms with E-state index in [1.165, 1.54) is 6.07 Å². The molecule has 5 nitrogen and oxygen atoms in total. The molecular weight excluding hydrogens is 425 g/mol. The third kappa shape index (κ3) is 4.90. The van der Waals surface area contributed by atoms with Crippen LogP contribution in [-0.2, 0) is 35.4 Å². The molecule has 0 radical (unpaired) electrons. The molecule has 0 saturated carbocycles. The van der Waals surface area contributed by atoms with Crippen LogP contribution in [0.1, 0.15) is 29.7 Å². The molecule has 1 aromatic heterocycles. The Morgan fingerprint density at radius 2 is 2.10 bits per heavy atom. The van der Waals surface area contributed by atoms with Gasteiger partial charge in [-0.05, 0) is 48.2 Å². The summed E-state index contributed by atoms with van der Waals surface area (Å²) in [7, 11) is 1.79. The first-order valence-corrected chi connectivity index (χ1v) is 12.0. The smallest absolute Gasteiger partial charge is 0.226 e. The molecule has 8 heteroatoms. The van der Waals surface area contributed by atoms with Gasteiger partial charge >= 0.3 is 0 Å². The maximum Gasteiger partial charge on any atom is 0.226 e. The molecule has 1 saturated heterocycles. The molecule has 2 aliphatic rings. The highest BCUT2D eigenvalue weighted by Gasteiger charge is 2.29. The van der Waals surface area contributed by atoms with Crippen molar-refractivity contribution in [2.45, 2.75) is 38.3 Å². The molecule has 1 amide bonds. The van der Waals surface area contributed by atoms with Crippen LogP contribution < -0.4 is 5.32 Å². The lowest BCUT2D eigenvalue weighted by Crippen LogP contribution is -2.37. The number of aromatic nitrogens is 1. The van der Waals surface area contributed by atoms with Crippen molar-refractivity contribution in [1.82, 2.24) is 9.88 Å². The molecule has 1 fully saturated rings. The Morgan fingerprint density at radius 1 is 1.33 bits per heavy atom. The predicted molar refractivity (Wildman–Crippen MR) is 118 cm³/mol. The average molecular weight is 450 g/mol. The lowest BCUT2D eigenvalue weighted by atomic mass is 10.0. The first kappa shape index (κ1) is 21.4. The highest BCUT2D eigenvalue weighted by molar-refractivity contribution is 7.91. The van der Waals surface area contributed by atoms with Crippen LogP contribution in [-0.4, -0.2) is 44.9 Å². The number of carbonyl (C=O) groups excluding carboxylic acids is 1. The summed E-state index contributed by atoms with van der Waals surface area (Å²) in [4.78, 5) is 18.8. The predicted octanol–water partition coefficient (Wildman–Crippen LogP) is 3.57. The van der Waals surface area contributed by atoms with Crippen molar-refractivity contribution < 1.29 is 13.7 Å². The van der Waals surface area contributed by atoms with E-state index in [0.29, 0.717) is 42.3 Å². The Kier molecular flexibility index (Phi) is 6.51. The zero-order valence-electron chi connectivity index (χ0n) is 16.9. The molecule has 1 N–H and O–H groups in total. The van der Waals surface area contributed by atoms with Gasteiger partial charge in [0.1, 0.15) is 17.3 Å². The van der Waals surface area contributed by atoms with Gasteiger partial charge in [0.25, 0.3) is 0 Å². The molecule has 160 valence electrons. The summed E-state index contributed by atoms with van der Waals surface area (Å²) in [5, 5.41) is 3.84. The number of nitrogens with zero attached hydrogens (tertiary/aromatic N) is 2. The number of carbonyl (C=O) groups is 1. The van der Waals surface area contributed by atoms with Gasteiger partial charge in [-0.3, -0.25) is 9.78 Å². The van der Waals surface area contributed by atoms with Crippen LogP contribution in [0.3, 0.4) is 0 Å². The van der Waals surface area contributed by atoms with Crippen molar-refractivity contribution in [2.24, 2.45) is 5.92 Å². The number of hydrogen-bond acceptors (Lipinski definition) is 4. The van der Waals surface area contributed by atoms with Gasteiger partial charge < -0.3 is 14.8 Å². The minimum Gasteiger partial charge on any atom is -0.616 e. The Balaban J connectivity index is 1.31. The van der Waals surface area contributed by atoms with Crippen LogP contribution >= 0.6 is 11.6 Å². The molecule has 0 spiro atoms. The molecule has 1 aliphatic carbocycles. The Bertz CT molecular complexity index is 919. The maximum absolute atomic E-state index is 14.1. The number of anilines is 1. The Hall–Kier alpha value is -1.83.